The molecule has 1 amide bonds. The minimum absolute atomic E-state index is 0.0495. The number of likely N-dealkylation sites (tertiary alicyclic amines) is 1. The number of hydroxylamine groups is 1. The molecule has 7 heteroatoms. The van der Waals surface area contributed by atoms with Gasteiger partial charge in [-0.1, -0.05) is 4.47 Å². The molecule has 0 spiro atoms. The molecule has 20 heavy (non-hydrogen) atoms. The number of hydrogen-bond donors (Lipinski definition) is 0. The van der Waals surface area contributed by atoms with Crippen molar-refractivity contribution >= 4 is 15.9 Å². The summed E-state index contributed by atoms with van der Waals surface area (Å²) in [4.78, 5) is 18.7. The van der Waals surface area contributed by atoms with Crippen LogP contribution in [0, 0.1) is 0 Å². The molecule has 0 aromatic heterocycles. The molecule has 1 aromatic carbocycles. The maximum Gasteiger partial charge on any atom is 0.264 e. The van der Waals surface area contributed by atoms with Gasteiger partial charge in [-0.3, -0.25) is 9.63 Å². The summed E-state index contributed by atoms with van der Waals surface area (Å²) in [6.45, 7) is 1.54. The Kier molecular flexibility index (Phi) is 4.42. The molecule has 1 heterocycles. The van der Waals surface area contributed by atoms with Crippen LogP contribution in [0.15, 0.2) is 29.2 Å². The first kappa shape index (κ1) is 15.0. The summed E-state index contributed by atoms with van der Waals surface area (Å²) in [5.41, 5.74) is 0.505. The van der Waals surface area contributed by atoms with Gasteiger partial charge in [-0.2, -0.15) is 0 Å². The van der Waals surface area contributed by atoms with Crippen molar-refractivity contribution in [2.45, 2.75) is 17.7 Å². The summed E-state index contributed by atoms with van der Waals surface area (Å²) in [5, 5.41) is 0. The van der Waals surface area contributed by atoms with Gasteiger partial charge in [0.05, 0.1) is 12.0 Å². The standard InChI is InChI=1S/C13H18N2O4S/c1-14(19-2)20(17,18)12-7-5-11(6-8-12)13(16)15-9-3-4-10-15/h5-8H,3-4,9-10H2,1-2H3. The summed E-state index contributed by atoms with van der Waals surface area (Å²) in [5.74, 6) is -0.0495. The topological polar surface area (TPSA) is 66.9 Å². The van der Waals surface area contributed by atoms with Crippen LogP contribution in [0.1, 0.15) is 23.2 Å². The smallest absolute Gasteiger partial charge is 0.264 e. The molecule has 1 aliphatic rings. The zero-order valence-corrected chi connectivity index (χ0v) is 12.4. The van der Waals surface area contributed by atoms with Gasteiger partial charge in [0, 0.05) is 25.7 Å². The molecule has 0 N–H and O–H groups in total. The summed E-state index contributed by atoms with van der Waals surface area (Å²) in [6, 6.07) is 5.93. The second-order valence-electron chi connectivity index (χ2n) is 4.62. The van der Waals surface area contributed by atoms with Crippen molar-refractivity contribution in [2.75, 3.05) is 27.2 Å². The lowest BCUT2D eigenvalue weighted by Crippen LogP contribution is -2.28. The first-order valence-corrected chi connectivity index (χ1v) is 7.83. The van der Waals surface area contributed by atoms with Crippen LogP contribution in [0.25, 0.3) is 0 Å². The lowest BCUT2D eigenvalue weighted by molar-refractivity contribution is -0.0258. The van der Waals surface area contributed by atoms with Crippen molar-refractivity contribution in [3.05, 3.63) is 29.8 Å². The van der Waals surface area contributed by atoms with Crippen LogP contribution >= 0.6 is 0 Å². The van der Waals surface area contributed by atoms with Crippen LogP contribution < -0.4 is 0 Å². The molecule has 1 aromatic rings. The Hall–Kier alpha value is -1.44. The van der Waals surface area contributed by atoms with Crippen LogP contribution in [0.3, 0.4) is 0 Å². The van der Waals surface area contributed by atoms with E-state index in [1.165, 1.54) is 38.4 Å². The Balaban J connectivity index is 2.20. The highest BCUT2D eigenvalue weighted by molar-refractivity contribution is 7.89. The van der Waals surface area contributed by atoms with Gasteiger partial charge < -0.3 is 4.90 Å². The zero-order chi connectivity index (χ0) is 14.8. The molecule has 1 aliphatic heterocycles. The Morgan fingerprint density at radius 1 is 1.20 bits per heavy atom. The number of nitrogens with zero attached hydrogens (tertiary/aromatic N) is 2. The maximum absolute atomic E-state index is 12.1. The van der Waals surface area contributed by atoms with E-state index >= 15 is 0 Å². The first-order chi connectivity index (χ1) is 9.46. The lowest BCUT2D eigenvalue weighted by atomic mass is 10.2. The number of hydrogen-bond acceptors (Lipinski definition) is 4. The van der Waals surface area contributed by atoms with Crippen molar-refractivity contribution in [3.63, 3.8) is 0 Å². The van der Waals surface area contributed by atoms with Crippen LogP contribution in [0.2, 0.25) is 0 Å². The predicted molar refractivity (Wildman–Crippen MR) is 73.5 cm³/mol. The monoisotopic (exact) mass is 298 g/mol. The van der Waals surface area contributed by atoms with E-state index < -0.39 is 10.0 Å². The van der Waals surface area contributed by atoms with Crippen molar-refractivity contribution in [3.8, 4) is 0 Å². The van der Waals surface area contributed by atoms with Gasteiger partial charge in [0.1, 0.15) is 0 Å². The first-order valence-electron chi connectivity index (χ1n) is 6.39. The molecule has 110 valence electrons. The summed E-state index contributed by atoms with van der Waals surface area (Å²) >= 11 is 0. The van der Waals surface area contributed by atoms with E-state index in [1.54, 1.807) is 4.90 Å². The Bertz CT molecular complexity index is 577. The SMILES string of the molecule is CON(C)S(=O)(=O)c1ccc(C(=O)N2CCCC2)cc1. The quantitative estimate of drug-likeness (QED) is 0.781. The van der Waals surface area contributed by atoms with Crippen molar-refractivity contribution < 1.29 is 18.0 Å². The van der Waals surface area contributed by atoms with Crippen molar-refractivity contribution in [1.82, 2.24) is 9.37 Å². The molecular formula is C13H18N2O4S. The van der Waals surface area contributed by atoms with Crippen molar-refractivity contribution in [2.24, 2.45) is 0 Å². The van der Waals surface area contributed by atoms with E-state index in [0.717, 1.165) is 30.4 Å². The minimum Gasteiger partial charge on any atom is -0.339 e. The van der Waals surface area contributed by atoms with Gasteiger partial charge in [-0.15, -0.1) is 0 Å². The number of amides is 1. The van der Waals surface area contributed by atoms with Crippen LogP contribution in [0.5, 0.6) is 0 Å². The van der Waals surface area contributed by atoms with Gasteiger partial charge >= 0.3 is 0 Å². The predicted octanol–water partition coefficient (Wildman–Crippen LogP) is 1.10. The van der Waals surface area contributed by atoms with E-state index in [4.69, 9.17) is 4.84 Å². The fourth-order valence-corrected chi connectivity index (χ4v) is 3.09. The normalized spacial score (nSPS) is 15.8. The molecule has 0 bridgehead atoms. The highest BCUT2D eigenvalue weighted by Crippen LogP contribution is 2.17. The van der Waals surface area contributed by atoms with E-state index in [-0.39, 0.29) is 10.8 Å². The summed E-state index contributed by atoms with van der Waals surface area (Å²) in [6.07, 6.45) is 2.05. The largest absolute Gasteiger partial charge is 0.339 e. The molecule has 2 rings (SSSR count). The average molecular weight is 298 g/mol. The van der Waals surface area contributed by atoms with E-state index in [0.29, 0.717) is 5.56 Å². The summed E-state index contributed by atoms with van der Waals surface area (Å²) in [7, 11) is -1.07. The van der Waals surface area contributed by atoms with Gasteiger partial charge in [0.25, 0.3) is 15.9 Å². The van der Waals surface area contributed by atoms with E-state index in [2.05, 4.69) is 0 Å². The fourth-order valence-electron chi connectivity index (χ4n) is 2.12. The highest BCUT2D eigenvalue weighted by Gasteiger charge is 2.23. The number of benzene rings is 1. The van der Waals surface area contributed by atoms with Gasteiger partial charge in [-0.05, 0) is 37.1 Å². The number of carbonyl (C=O) groups is 1. The maximum atomic E-state index is 12.1. The molecule has 0 aliphatic carbocycles. The second kappa shape index (κ2) is 5.90. The number of carbonyl (C=O) groups excluding carboxylic acids is 1. The molecule has 1 fully saturated rings. The molecule has 0 unspecified atom stereocenters. The average Bonchev–Trinajstić information content (AvgIpc) is 2.99. The zero-order valence-electron chi connectivity index (χ0n) is 11.6. The van der Waals surface area contributed by atoms with Gasteiger partial charge in [0.2, 0.25) is 0 Å². The van der Waals surface area contributed by atoms with Crippen LogP contribution in [0.4, 0.5) is 0 Å². The minimum atomic E-state index is -3.66. The fraction of sp³-hybridized carbons (Fsp3) is 0.462. The highest BCUT2D eigenvalue weighted by atomic mass is 32.2. The van der Waals surface area contributed by atoms with Crippen LogP contribution in [-0.4, -0.2) is 50.9 Å². The number of rotatable bonds is 4. The number of sulfonamides is 1. The molecule has 0 saturated carbocycles. The third-order valence-corrected chi connectivity index (χ3v) is 5.08. The third-order valence-electron chi connectivity index (χ3n) is 3.39. The Morgan fingerprint density at radius 2 is 1.75 bits per heavy atom. The molecule has 0 radical (unpaired) electrons. The summed E-state index contributed by atoms with van der Waals surface area (Å²) < 4.78 is 24.8. The van der Waals surface area contributed by atoms with Crippen LogP contribution in [-0.2, 0) is 14.9 Å². The van der Waals surface area contributed by atoms with Gasteiger partial charge in [-0.25, -0.2) is 8.42 Å². The van der Waals surface area contributed by atoms with Gasteiger partial charge in [0.15, 0.2) is 0 Å². The second-order valence-corrected chi connectivity index (χ2v) is 6.56. The van der Waals surface area contributed by atoms with E-state index in [9.17, 15) is 13.2 Å². The molecule has 0 atom stereocenters. The molecule has 1 saturated heterocycles. The lowest BCUT2D eigenvalue weighted by Gasteiger charge is -2.16. The molecular weight excluding hydrogens is 280 g/mol. The Morgan fingerprint density at radius 3 is 2.25 bits per heavy atom. The Labute approximate surface area is 118 Å². The van der Waals surface area contributed by atoms with E-state index in [1.807, 2.05) is 0 Å². The third kappa shape index (κ3) is 2.84. The molecule has 6 nitrogen and oxygen atoms in total. The van der Waals surface area contributed by atoms with Crippen molar-refractivity contribution in [1.29, 1.82) is 0 Å².